The molecule has 0 radical (unpaired) electrons. The minimum absolute atomic E-state index is 0.00812. The molecule has 2 atom stereocenters. The maximum absolute atomic E-state index is 13.0. The number of hydrogen-bond donors (Lipinski definition) is 2. The summed E-state index contributed by atoms with van der Waals surface area (Å²) in [6.45, 7) is 0.697. The first-order valence-electron chi connectivity index (χ1n) is 8.83. The Morgan fingerprint density at radius 2 is 2.04 bits per heavy atom. The smallest absolute Gasteiger partial charge is 0.311 e. The maximum atomic E-state index is 13.0. The first-order chi connectivity index (χ1) is 13.0. The Bertz CT molecular complexity index is 897. The van der Waals surface area contributed by atoms with Crippen molar-refractivity contribution in [2.24, 2.45) is 11.3 Å². The molecule has 1 aliphatic carbocycles. The summed E-state index contributed by atoms with van der Waals surface area (Å²) in [5.74, 6) is -1.33. The van der Waals surface area contributed by atoms with Gasteiger partial charge >= 0.3 is 5.97 Å². The molecule has 7 nitrogen and oxygen atoms in total. The quantitative estimate of drug-likeness (QED) is 0.843. The molecule has 1 saturated carbocycles. The van der Waals surface area contributed by atoms with E-state index in [1.165, 1.54) is 23.7 Å². The third kappa shape index (κ3) is 2.99. The molecule has 0 bridgehead atoms. The molecule has 140 valence electrons. The predicted octanol–water partition coefficient (Wildman–Crippen LogP) is 2.72. The average Bonchev–Trinajstić information content (AvgIpc) is 3.36. The Hall–Kier alpha value is -2.74. The van der Waals surface area contributed by atoms with Crippen molar-refractivity contribution in [1.82, 2.24) is 9.88 Å². The molecule has 0 unspecified atom stereocenters. The summed E-state index contributed by atoms with van der Waals surface area (Å²) < 4.78 is 0. The fourth-order valence-electron chi connectivity index (χ4n) is 4.21. The van der Waals surface area contributed by atoms with Crippen LogP contribution in [0.1, 0.15) is 39.3 Å². The van der Waals surface area contributed by atoms with Crippen LogP contribution in [-0.4, -0.2) is 45.9 Å². The lowest BCUT2D eigenvalue weighted by atomic mass is 9.81. The topological polar surface area (TPSA) is 99.6 Å². The van der Waals surface area contributed by atoms with E-state index < -0.39 is 11.4 Å². The van der Waals surface area contributed by atoms with Gasteiger partial charge in [0, 0.05) is 31.0 Å². The summed E-state index contributed by atoms with van der Waals surface area (Å²) >= 11 is 1.25. The molecule has 2 N–H and O–H groups in total. The van der Waals surface area contributed by atoms with Gasteiger partial charge in [0.25, 0.3) is 11.8 Å². The zero-order chi connectivity index (χ0) is 19.0. The maximum Gasteiger partial charge on any atom is 0.311 e. The van der Waals surface area contributed by atoms with Gasteiger partial charge in [-0.1, -0.05) is 6.42 Å². The first kappa shape index (κ1) is 17.7. The second kappa shape index (κ2) is 6.77. The zero-order valence-electron chi connectivity index (χ0n) is 14.6. The van der Waals surface area contributed by atoms with E-state index in [0.717, 1.165) is 12.8 Å². The molecule has 1 saturated heterocycles. The first-order valence-corrected chi connectivity index (χ1v) is 9.71. The number of anilines is 1. The molecule has 2 amide bonds. The number of nitrogens with one attached hydrogen (secondary N) is 1. The zero-order valence-corrected chi connectivity index (χ0v) is 15.4. The van der Waals surface area contributed by atoms with E-state index in [2.05, 4.69) is 10.3 Å². The fourth-order valence-corrected chi connectivity index (χ4v) is 5.02. The van der Waals surface area contributed by atoms with Crippen LogP contribution in [0.3, 0.4) is 0 Å². The summed E-state index contributed by atoms with van der Waals surface area (Å²) in [6, 6.07) is 4.89. The van der Waals surface area contributed by atoms with Crippen LogP contribution in [0.25, 0.3) is 0 Å². The third-order valence-electron chi connectivity index (χ3n) is 5.63. The number of aromatic nitrogens is 1. The summed E-state index contributed by atoms with van der Waals surface area (Å²) in [6.07, 6.45) is 5.41. The second-order valence-electron chi connectivity index (χ2n) is 7.09. The fraction of sp³-hybridized carbons (Fsp3) is 0.368. The number of carboxylic acid groups (broad SMARTS) is 1. The number of likely N-dealkylation sites (tertiary alicyclic amines) is 1. The molecular weight excluding hydrogens is 366 g/mol. The Morgan fingerprint density at radius 1 is 1.26 bits per heavy atom. The van der Waals surface area contributed by atoms with Gasteiger partial charge in [-0.15, -0.1) is 11.3 Å². The van der Waals surface area contributed by atoms with Crippen molar-refractivity contribution < 1.29 is 19.5 Å². The summed E-state index contributed by atoms with van der Waals surface area (Å²) in [7, 11) is 0. The van der Waals surface area contributed by atoms with Crippen molar-refractivity contribution in [1.29, 1.82) is 0 Å². The van der Waals surface area contributed by atoms with Crippen LogP contribution < -0.4 is 5.32 Å². The number of nitrogens with zero attached hydrogens (tertiary/aromatic N) is 2. The number of pyridine rings is 1. The summed E-state index contributed by atoms with van der Waals surface area (Å²) in [5.41, 5.74) is 0.0938. The second-order valence-corrected chi connectivity index (χ2v) is 8.01. The van der Waals surface area contributed by atoms with Gasteiger partial charge in [0.2, 0.25) is 0 Å². The van der Waals surface area contributed by atoms with E-state index in [1.54, 1.807) is 28.5 Å². The van der Waals surface area contributed by atoms with Crippen LogP contribution in [0.4, 0.5) is 5.69 Å². The van der Waals surface area contributed by atoms with Gasteiger partial charge < -0.3 is 15.3 Å². The largest absolute Gasteiger partial charge is 0.481 e. The number of carbonyl (C=O) groups excluding carboxylic acids is 2. The highest BCUT2D eigenvalue weighted by molar-refractivity contribution is 7.12. The molecule has 0 aromatic carbocycles. The van der Waals surface area contributed by atoms with Gasteiger partial charge in [-0.3, -0.25) is 19.4 Å². The third-order valence-corrected chi connectivity index (χ3v) is 6.54. The number of aliphatic carboxylic acids is 1. The molecule has 2 fully saturated rings. The van der Waals surface area contributed by atoms with Crippen molar-refractivity contribution in [2.75, 3.05) is 18.4 Å². The predicted molar refractivity (Wildman–Crippen MR) is 99.8 cm³/mol. The van der Waals surface area contributed by atoms with Crippen molar-refractivity contribution in [3.63, 3.8) is 0 Å². The van der Waals surface area contributed by atoms with Gasteiger partial charge in [0.05, 0.1) is 11.1 Å². The molecule has 0 spiro atoms. The van der Waals surface area contributed by atoms with Crippen molar-refractivity contribution in [2.45, 2.75) is 19.3 Å². The SMILES string of the molecule is O=C(Nc1ccsc1C(=O)N1C[C@@H]2CCC[C@@]2(C(=O)O)C1)c1ccncc1. The molecular formula is C19H19N3O4S. The number of thiophene rings is 1. The highest BCUT2D eigenvalue weighted by atomic mass is 32.1. The van der Waals surface area contributed by atoms with Crippen LogP contribution >= 0.6 is 11.3 Å². The Morgan fingerprint density at radius 3 is 2.74 bits per heavy atom. The minimum atomic E-state index is -0.812. The average molecular weight is 385 g/mol. The number of carboxylic acids is 1. The number of amides is 2. The van der Waals surface area contributed by atoms with E-state index in [9.17, 15) is 19.5 Å². The summed E-state index contributed by atoms with van der Waals surface area (Å²) in [4.78, 5) is 43.2. The monoisotopic (exact) mass is 385 g/mol. The molecule has 2 aromatic heterocycles. The molecule has 2 aromatic rings. The number of carbonyl (C=O) groups is 3. The standard InChI is InChI=1S/C19H19N3O4S/c23-16(12-3-7-20-8-4-12)21-14-5-9-27-15(14)17(24)22-10-13-2-1-6-19(13,11-22)18(25)26/h3-5,7-9,13H,1-2,6,10-11H2,(H,21,23)(H,25,26)/t13-,19+/m0/s1. The Balaban J connectivity index is 1.52. The van der Waals surface area contributed by atoms with Crippen LogP contribution in [0.15, 0.2) is 36.0 Å². The van der Waals surface area contributed by atoms with Crippen molar-refractivity contribution in [3.8, 4) is 0 Å². The molecule has 27 heavy (non-hydrogen) atoms. The van der Waals surface area contributed by atoms with Crippen molar-refractivity contribution in [3.05, 3.63) is 46.4 Å². The Labute approximate surface area is 160 Å². The van der Waals surface area contributed by atoms with Crippen LogP contribution in [-0.2, 0) is 4.79 Å². The van der Waals surface area contributed by atoms with Gasteiger partial charge in [-0.05, 0) is 42.3 Å². The normalized spacial score (nSPS) is 23.9. The van der Waals surface area contributed by atoms with E-state index >= 15 is 0 Å². The van der Waals surface area contributed by atoms with E-state index in [-0.39, 0.29) is 24.3 Å². The molecule has 3 heterocycles. The Kier molecular flexibility index (Phi) is 4.43. The lowest BCUT2D eigenvalue weighted by molar-refractivity contribution is -0.149. The van der Waals surface area contributed by atoms with Crippen LogP contribution in [0, 0.1) is 11.3 Å². The van der Waals surface area contributed by atoms with Gasteiger partial charge in [-0.2, -0.15) is 0 Å². The minimum Gasteiger partial charge on any atom is -0.481 e. The molecule has 2 aliphatic rings. The van der Waals surface area contributed by atoms with Crippen molar-refractivity contribution >= 4 is 34.8 Å². The van der Waals surface area contributed by atoms with Crippen LogP contribution in [0.2, 0.25) is 0 Å². The van der Waals surface area contributed by atoms with E-state index in [0.29, 0.717) is 29.1 Å². The lowest BCUT2D eigenvalue weighted by Gasteiger charge is -2.23. The highest BCUT2D eigenvalue weighted by Gasteiger charge is 2.56. The van der Waals surface area contributed by atoms with E-state index in [1.807, 2.05) is 0 Å². The number of fused-ring (bicyclic) bond motifs is 1. The highest BCUT2D eigenvalue weighted by Crippen LogP contribution is 2.49. The van der Waals surface area contributed by atoms with Crippen LogP contribution in [0.5, 0.6) is 0 Å². The van der Waals surface area contributed by atoms with E-state index in [4.69, 9.17) is 0 Å². The molecule has 1 aliphatic heterocycles. The van der Waals surface area contributed by atoms with Gasteiger partial charge in [-0.25, -0.2) is 0 Å². The number of hydrogen-bond acceptors (Lipinski definition) is 5. The lowest BCUT2D eigenvalue weighted by Crippen LogP contribution is -2.37. The summed E-state index contributed by atoms with van der Waals surface area (Å²) in [5, 5.41) is 14.2. The number of rotatable bonds is 4. The van der Waals surface area contributed by atoms with Gasteiger partial charge in [0.15, 0.2) is 0 Å². The van der Waals surface area contributed by atoms with Gasteiger partial charge in [0.1, 0.15) is 4.88 Å². The molecule has 4 rings (SSSR count). The molecule has 8 heteroatoms.